The molecular weight excluding hydrogens is 302 g/mol. The first-order valence-corrected chi connectivity index (χ1v) is 7.66. The van der Waals surface area contributed by atoms with E-state index < -0.39 is 38.1 Å². The van der Waals surface area contributed by atoms with Gasteiger partial charge in [0.15, 0.2) is 4.90 Å². The number of aromatic nitrogens is 2. The molecular formula is C11H17N3O6S. The van der Waals surface area contributed by atoms with Crippen molar-refractivity contribution in [2.24, 2.45) is 11.8 Å². The number of rotatable bonds is 7. The largest absolute Gasteiger partial charge is 0.481 e. The van der Waals surface area contributed by atoms with Crippen LogP contribution < -0.4 is 16.0 Å². The topological polar surface area (TPSA) is 149 Å². The fraction of sp³-hybridized carbons (Fsp3) is 0.545. The number of hydrogen-bond acceptors (Lipinski definition) is 5. The lowest BCUT2D eigenvalue weighted by molar-refractivity contribution is -0.142. The summed E-state index contributed by atoms with van der Waals surface area (Å²) in [6, 6.07) is 0. The summed E-state index contributed by atoms with van der Waals surface area (Å²) in [7, 11) is -4.20. The van der Waals surface area contributed by atoms with E-state index in [1.807, 2.05) is 18.8 Å². The molecule has 0 bridgehead atoms. The van der Waals surface area contributed by atoms with Crippen LogP contribution in [0.15, 0.2) is 20.7 Å². The summed E-state index contributed by atoms with van der Waals surface area (Å²) in [5.74, 6) is -1.95. The van der Waals surface area contributed by atoms with Crippen molar-refractivity contribution in [1.82, 2.24) is 14.7 Å². The maximum atomic E-state index is 11.9. The third-order valence-electron chi connectivity index (χ3n) is 2.70. The van der Waals surface area contributed by atoms with Crippen LogP contribution in [0.25, 0.3) is 0 Å². The molecule has 0 fully saturated rings. The van der Waals surface area contributed by atoms with Gasteiger partial charge in [-0.15, -0.1) is 0 Å². The predicted molar refractivity (Wildman–Crippen MR) is 73.5 cm³/mol. The first kappa shape index (κ1) is 17.1. The number of aliphatic carboxylic acids is 1. The average Bonchev–Trinajstić information content (AvgIpc) is 2.33. The van der Waals surface area contributed by atoms with Crippen LogP contribution in [0.2, 0.25) is 0 Å². The van der Waals surface area contributed by atoms with E-state index >= 15 is 0 Å². The van der Waals surface area contributed by atoms with E-state index in [0.717, 1.165) is 6.20 Å². The Labute approximate surface area is 120 Å². The normalized spacial score (nSPS) is 13.3. The van der Waals surface area contributed by atoms with Gasteiger partial charge in [0, 0.05) is 12.7 Å². The lowest BCUT2D eigenvalue weighted by Gasteiger charge is -2.15. The molecule has 9 nitrogen and oxygen atoms in total. The van der Waals surface area contributed by atoms with Crippen LogP contribution >= 0.6 is 0 Å². The van der Waals surface area contributed by atoms with Crippen molar-refractivity contribution in [2.75, 3.05) is 6.54 Å². The van der Waals surface area contributed by atoms with Crippen LogP contribution in [-0.4, -0.2) is 36.0 Å². The predicted octanol–water partition coefficient (Wildman–Crippen LogP) is -0.912. The number of hydrogen-bond donors (Lipinski definition) is 4. The van der Waals surface area contributed by atoms with Gasteiger partial charge in [-0.05, 0) is 12.3 Å². The molecule has 10 heteroatoms. The van der Waals surface area contributed by atoms with E-state index in [2.05, 4.69) is 4.72 Å². The second-order valence-corrected chi connectivity index (χ2v) is 6.69. The standard InChI is InChI=1S/C11H17N3O6S/c1-6(2)3-7(10(16)17)4-13-21(19,20)8-5-12-11(18)14-9(8)15/h5-7,13H,3-4H2,1-2H3,(H,16,17)(H2,12,14,15,18). The Bertz CT molecular complexity index is 718. The van der Waals surface area contributed by atoms with E-state index in [4.69, 9.17) is 5.11 Å². The third-order valence-corrected chi connectivity index (χ3v) is 4.13. The maximum Gasteiger partial charge on any atom is 0.325 e. The first-order valence-electron chi connectivity index (χ1n) is 6.18. The molecule has 0 aliphatic carbocycles. The van der Waals surface area contributed by atoms with E-state index in [1.54, 1.807) is 4.98 Å². The molecule has 1 atom stereocenters. The van der Waals surface area contributed by atoms with Gasteiger partial charge in [0.2, 0.25) is 10.0 Å². The van der Waals surface area contributed by atoms with Gasteiger partial charge in [-0.3, -0.25) is 14.6 Å². The lowest BCUT2D eigenvalue weighted by Crippen LogP contribution is -2.37. The summed E-state index contributed by atoms with van der Waals surface area (Å²) in [4.78, 5) is 36.5. The molecule has 4 N–H and O–H groups in total. The van der Waals surface area contributed by atoms with Gasteiger partial charge in [-0.2, -0.15) is 0 Å². The third kappa shape index (κ3) is 4.83. The number of carboxylic acid groups (broad SMARTS) is 1. The summed E-state index contributed by atoms with van der Waals surface area (Å²) >= 11 is 0. The van der Waals surface area contributed by atoms with Gasteiger partial charge in [0.1, 0.15) is 0 Å². The van der Waals surface area contributed by atoms with E-state index in [9.17, 15) is 22.8 Å². The minimum atomic E-state index is -4.20. The van der Waals surface area contributed by atoms with E-state index in [0.29, 0.717) is 6.42 Å². The summed E-state index contributed by atoms with van der Waals surface area (Å²) in [5, 5.41) is 9.03. The Balaban J connectivity index is 2.92. The fourth-order valence-electron chi connectivity index (χ4n) is 1.73. The quantitative estimate of drug-likeness (QED) is 0.511. The minimum absolute atomic E-state index is 0.0760. The van der Waals surface area contributed by atoms with Crippen LogP contribution in [0.5, 0.6) is 0 Å². The summed E-state index contributed by atoms with van der Waals surface area (Å²) < 4.78 is 25.9. The average molecular weight is 319 g/mol. The van der Waals surface area contributed by atoms with E-state index in [1.165, 1.54) is 0 Å². The van der Waals surface area contributed by atoms with E-state index in [-0.39, 0.29) is 12.5 Å². The van der Waals surface area contributed by atoms with Gasteiger partial charge in [-0.25, -0.2) is 17.9 Å². The van der Waals surface area contributed by atoms with Crippen molar-refractivity contribution < 1.29 is 18.3 Å². The molecule has 118 valence electrons. The van der Waals surface area contributed by atoms with Crippen LogP contribution in [0.4, 0.5) is 0 Å². The summed E-state index contributed by atoms with van der Waals surface area (Å²) in [5.41, 5.74) is -1.90. The Morgan fingerprint density at radius 3 is 2.48 bits per heavy atom. The summed E-state index contributed by atoms with van der Waals surface area (Å²) in [6.07, 6.45) is 1.06. The number of carbonyl (C=O) groups is 1. The Morgan fingerprint density at radius 1 is 1.38 bits per heavy atom. The number of carboxylic acids is 1. The zero-order valence-electron chi connectivity index (χ0n) is 11.5. The zero-order chi connectivity index (χ0) is 16.2. The molecule has 1 unspecified atom stereocenters. The van der Waals surface area contributed by atoms with Gasteiger partial charge >= 0.3 is 11.7 Å². The molecule has 0 spiro atoms. The van der Waals surface area contributed by atoms with Crippen LogP contribution in [0, 0.1) is 11.8 Å². The number of aromatic amines is 2. The monoisotopic (exact) mass is 319 g/mol. The Kier molecular flexibility index (Phi) is 5.44. The van der Waals surface area contributed by atoms with Gasteiger partial charge < -0.3 is 10.1 Å². The molecule has 0 amide bonds. The molecule has 1 heterocycles. The molecule has 21 heavy (non-hydrogen) atoms. The van der Waals surface area contributed by atoms with Crippen molar-refractivity contribution >= 4 is 16.0 Å². The minimum Gasteiger partial charge on any atom is -0.481 e. The number of sulfonamides is 1. The highest BCUT2D eigenvalue weighted by Gasteiger charge is 2.24. The second-order valence-electron chi connectivity index (χ2n) is 4.95. The molecule has 0 aliphatic heterocycles. The first-order chi connectivity index (χ1) is 9.63. The van der Waals surface area contributed by atoms with Crippen LogP contribution in [0.3, 0.4) is 0 Å². The highest BCUT2D eigenvalue weighted by molar-refractivity contribution is 7.89. The molecule has 0 aromatic carbocycles. The molecule has 0 saturated heterocycles. The molecule has 0 aliphatic rings. The molecule has 0 radical (unpaired) electrons. The second kappa shape index (κ2) is 6.68. The number of H-pyrrole nitrogens is 2. The molecule has 1 rings (SSSR count). The molecule has 1 aromatic heterocycles. The fourth-order valence-corrected chi connectivity index (χ4v) is 2.81. The molecule has 1 aromatic rings. The van der Waals surface area contributed by atoms with Crippen LogP contribution in [0.1, 0.15) is 20.3 Å². The van der Waals surface area contributed by atoms with Crippen molar-refractivity contribution in [2.45, 2.75) is 25.2 Å². The maximum absolute atomic E-state index is 11.9. The van der Waals surface area contributed by atoms with Crippen molar-refractivity contribution in [3.8, 4) is 0 Å². The smallest absolute Gasteiger partial charge is 0.325 e. The lowest BCUT2D eigenvalue weighted by atomic mass is 9.98. The van der Waals surface area contributed by atoms with Gasteiger partial charge in [-0.1, -0.05) is 13.8 Å². The van der Waals surface area contributed by atoms with Crippen LogP contribution in [-0.2, 0) is 14.8 Å². The number of nitrogens with one attached hydrogen (secondary N) is 3. The van der Waals surface area contributed by atoms with Crippen molar-refractivity contribution in [3.63, 3.8) is 0 Å². The van der Waals surface area contributed by atoms with Gasteiger partial charge in [0.05, 0.1) is 5.92 Å². The van der Waals surface area contributed by atoms with Crippen molar-refractivity contribution in [3.05, 3.63) is 27.0 Å². The Morgan fingerprint density at radius 2 is 2.00 bits per heavy atom. The highest BCUT2D eigenvalue weighted by Crippen LogP contribution is 2.12. The molecule has 0 saturated carbocycles. The zero-order valence-corrected chi connectivity index (χ0v) is 12.4. The SMILES string of the molecule is CC(C)CC(CNS(=O)(=O)c1c[nH]c(=O)[nH]c1=O)C(=O)O. The van der Waals surface area contributed by atoms with Crippen molar-refractivity contribution in [1.29, 1.82) is 0 Å². The highest BCUT2D eigenvalue weighted by atomic mass is 32.2. The van der Waals surface area contributed by atoms with Gasteiger partial charge in [0.25, 0.3) is 5.56 Å². The summed E-state index contributed by atoms with van der Waals surface area (Å²) in [6.45, 7) is 3.29. The Hall–Kier alpha value is -1.94.